The number of esters is 1. The fourth-order valence-corrected chi connectivity index (χ4v) is 3.17. The van der Waals surface area contributed by atoms with Crippen molar-refractivity contribution in [3.63, 3.8) is 0 Å². The van der Waals surface area contributed by atoms with E-state index in [1.807, 2.05) is 0 Å². The Morgan fingerprint density at radius 1 is 1.03 bits per heavy atom. The molecule has 2 heterocycles. The number of imidazole rings is 1. The highest BCUT2D eigenvalue weighted by atomic mass is 19.3. The van der Waals surface area contributed by atoms with Crippen molar-refractivity contribution >= 4 is 27.9 Å². The third kappa shape index (κ3) is 3.49. The Morgan fingerprint density at radius 2 is 1.83 bits per heavy atom. The van der Waals surface area contributed by atoms with Crippen molar-refractivity contribution in [3.05, 3.63) is 66.1 Å². The first-order valence-corrected chi connectivity index (χ1v) is 8.88. The average molecular weight is 397 g/mol. The van der Waals surface area contributed by atoms with Crippen LogP contribution in [0.4, 0.5) is 8.78 Å². The van der Waals surface area contributed by atoms with E-state index in [0.29, 0.717) is 16.8 Å². The Hall–Kier alpha value is -3.55. The van der Waals surface area contributed by atoms with E-state index in [1.54, 1.807) is 55.6 Å². The summed E-state index contributed by atoms with van der Waals surface area (Å²) in [5.74, 6) is -0.0719. The second kappa shape index (κ2) is 7.46. The molecule has 0 spiro atoms. The van der Waals surface area contributed by atoms with Gasteiger partial charge in [-0.1, -0.05) is 18.2 Å². The number of carbonyl (C=O) groups excluding carboxylic acids is 1. The van der Waals surface area contributed by atoms with Crippen LogP contribution < -0.4 is 4.74 Å². The topological polar surface area (TPSA) is 66.2 Å². The molecule has 148 valence electrons. The van der Waals surface area contributed by atoms with E-state index in [-0.39, 0.29) is 17.0 Å². The van der Waals surface area contributed by atoms with Gasteiger partial charge in [0.1, 0.15) is 11.4 Å². The van der Waals surface area contributed by atoms with Gasteiger partial charge in [0.2, 0.25) is 0 Å². The molecule has 0 aliphatic heterocycles. The SMILES string of the molecule is COc1ccc2nc(C(=O)OC(C)c3nc4ccccc4n3C(F)F)ccc2c1. The van der Waals surface area contributed by atoms with Crippen molar-refractivity contribution in [2.45, 2.75) is 19.6 Å². The molecule has 0 fully saturated rings. The van der Waals surface area contributed by atoms with Crippen LogP contribution in [0.15, 0.2) is 54.6 Å². The van der Waals surface area contributed by atoms with Gasteiger partial charge in [0, 0.05) is 5.39 Å². The molecule has 1 unspecified atom stereocenters. The molecule has 6 nitrogen and oxygen atoms in total. The van der Waals surface area contributed by atoms with Crippen molar-refractivity contribution in [2.24, 2.45) is 0 Å². The monoisotopic (exact) mass is 397 g/mol. The number of methoxy groups -OCH3 is 1. The van der Waals surface area contributed by atoms with Gasteiger partial charge >= 0.3 is 12.5 Å². The molecule has 0 aliphatic carbocycles. The number of nitrogens with zero attached hydrogens (tertiary/aromatic N) is 3. The summed E-state index contributed by atoms with van der Waals surface area (Å²) >= 11 is 0. The number of alkyl halides is 2. The smallest absolute Gasteiger partial charge is 0.357 e. The molecule has 1 atom stereocenters. The van der Waals surface area contributed by atoms with Gasteiger partial charge in [0.25, 0.3) is 0 Å². The van der Waals surface area contributed by atoms with Crippen molar-refractivity contribution in [1.29, 1.82) is 0 Å². The number of para-hydroxylation sites is 2. The number of fused-ring (bicyclic) bond motifs is 2. The molecule has 8 heteroatoms. The lowest BCUT2D eigenvalue weighted by Crippen LogP contribution is -2.15. The number of benzene rings is 2. The molecule has 2 aromatic heterocycles. The van der Waals surface area contributed by atoms with Crippen LogP contribution in [0, 0.1) is 0 Å². The van der Waals surface area contributed by atoms with Gasteiger partial charge in [0.05, 0.1) is 23.7 Å². The van der Waals surface area contributed by atoms with Crippen LogP contribution >= 0.6 is 0 Å². The molecule has 0 amide bonds. The van der Waals surface area contributed by atoms with E-state index < -0.39 is 18.6 Å². The van der Waals surface area contributed by atoms with Gasteiger partial charge in [-0.2, -0.15) is 8.78 Å². The molecule has 0 bridgehead atoms. The first kappa shape index (κ1) is 18.8. The summed E-state index contributed by atoms with van der Waals surface area (Å²) in [6.45, 7) is -1.31. The predicted octanol–water partition coefficient (Wildman–Crippen LogP) is 4.91. The highest BCUT2D eigenvalue weighted by molar-refractivity contribution is 5.91. The summed E-state index contributed by atoms with van der Waals surface area (Å²) in [5.41, 5.74) is 1.35. The highest BCUT2D eigenvalue weighted by Gasteiger charge is 2.25. The number of rotatable bonds is 5. The molecule has 4 aromatic rings. The summed E-state index contributed by atoms with van der Waals surface area (Å²) in [6.07, 6.45) is -0.989. The number of pyridine rings is 1. The van der Waals surface area contributed by atoms with Crippen molar-refractivity contribution in [1.82, 2.24) is 14.5 Å². The molecule has 0 radical (unpaired) electrons. The van der Waals surface area contributed by atoms with Crippen LogP contribution in [0.1, 0.15) is 35.9 Å². The standard InChI is InChI=1S/C21H17F2N3O3/c1-12(19-25-16-5-3-4-6-18(16)26(19)21(22)23)29-20(27)17-9-7-13-11-14(28-2)8-10-15(13)24-17/h3-12,21H,1-2H3. The van der Waals surface area contributed by atoms with Crippen LogP contribution in [-0.2, 0) is 4.74 Å². The first-order chi connectivity index (χ1) is 14.0. The molecule has 2 aromatic carbocycles. The van der Waals surface area contributed by atoms with E-state index >= 15 is 0 Å². The first-order valence-electron chi connectivity index (χ1n) is 8.88. The zero-order valence-corrected chi connectivity index (χ0v) is 15.7. The van der Waals surface area contributed by atoms with E-state index in [9.17, 15) is 13.6 Å². The summed E-state index contributed by atoms with van der Waals surface area (Å²) in [4.78, 5) is 21.1. The van der Waals surface area contributed by atoms with Crippen molar-refractivity contribution in [3.8, 4) is 5.75 Å². The van der Waals surface area contributed by atoms with Gasteiger partial charge in [-0.25, -0.2) is 14.8 Å². The summed E-state index contributed by atoms with van der Waals surface area (Å²) in [5, 5.41) is 0.799. The summed E-state index contributed by atoms with van der Waals surface area (Å²) in [7, 11) is 1.56. The number of hydrogen-bond acceptors (Lipinski definition) is 5. The van der Waals surface area contributed by atoms with Crippen LogP contribution in [0.3, 0.4) is 0 Å². The number of aromatic nitrogens is 3. The lowest BCUT2D eigenvalue weighted by atomic mass is 10.2. The summed E-state index contributed by atoms with van der Waals surface area (Å²) < 4.78 is 38.5. The van der Waals surface area contributed by atoms with Crippen LogP contribution in [0.25, 0.3) is 21.9 Å². The second-order valence-electron chi connectivity index (χ2n) is 6.41. The van der Waals surface area contributed by atoms with E-state index in [0.717, 1.165) is 9.95 Å². The van der Waals surface area contributed by atoms with Gasteiger partial charge in [0.15, 0.2) is 11.9 Å². The van der Waals surface area contributed by atoms with E-state index in [4.69, 9.17) is 9.47 Å². The fourth-order valence-electron chi connectivity index (χ4n) is 3.17. The second-order valence-corrected chi connectivity index (χ2v) is 6.41. The average Bonchev–Trinajstić information content (AvgIpc) is 3.13. The van der Waals surface area contributed by atoms with Gasteiger partial charge < -0.3 is 9.47 Å². The molecule has 0 saturated carbocycles. The number of carbonyl (C=O) groups is 1. The van der Waals surface area contributed by atoms with Crippen LogP contribution in [0.5, 0.6) is 5.75 Å². The maximum Gasteiger partial charge on any atom is 0.357 e. The highest BCUT2D eigenvalue weighted by Crippen LogP contribution is 2.28. The zero-order valence-electron chi connectivity index (χ0n) is 15.7. The quantitative estimate of drug-likeness (QED) is 0.448. The molecular formula is C21H17F2N3O3. The Morgan fingerprint density at radius 3 is 2.59 bits per heavy atom. The number of ether oxygens (including phenoxy) is 2. The Kier molecular flexibility index (Phi) is 4.84. The third-order valence-electron chi connectivity index (χ3n) is 4.57. The third-order valence-corrected chi connectivity index (χ3v) is 4.57. The molecule has 4 rings (SSSR count). The minimum atomic E-state index is -2.81. The Bertz CT molecular complexity index is 1210. The fraction of sp³-hybridized carbons (Fsp3) is 0.190. The normalized spacial score (nSPS) is 12.4. The maximum atomic E-state index is 13.6. The minimum Gasteiger partial charge on any atom is -0.497 e. The minimum absolute atomic E-state index is 0.0277. The lowest BCUT2D eigenvalue weighted by molar-refractivity contribution is 0.0228. The maximum absolute atomic E-state index is 13.6. The molecule has 0 aliphatic rings. The molecule has 0 saturated heterocycles. The molecular weight excluding hydrogens is 380 g/mol. The lowest BCUT2D eigenvalue weighted by Gasteiger charge is -2.15. The molecule has 29 heavy (non-hydrogen) atoms. The van der Waals surface area contributed by atoms with E-state index in [2.05, 4.69) is 9.97 Å². The van der Waals surface area contributed by atoms with E-state index in [1.165, 1.54) is 13.0 Å². The molecule has 0 N–H and O–H groups in total. The zero-order chi connectivity index (χ0) is 20.5. The number of halogens is 2. The van der Waals surface area contributed by atoms with Gasteiger partial charge in [-0.3, -0.25) is 4.57 Å². The largest absolute Gasteiger partial charge is 0.497 e. The predicted molar refractivity (Wildman–Crippen MR) is 103 cm³/mol. The Labute approximate surface area is 164 Å². The van der Waals surface area contributed by atoms with Gasteiger partial charge in [-0.05, 0) is 43.3 Å². The number of hydrogen-bond donors (Lipinski definition) is 0. The van der Waals surface area contributed by atoms with Crippen LogP contribution in [0.2, 0.25) is 0 Å². The van der Waals surface area contributed by atoms with Crippen LogP contribution in [-0.4, -0.2) is 27.6 Å². The van der Waals surface area contributed by atoms with Gasteiger partial charge in [-0.15, -0.1) is 0 Å². The van der Waals surface area contributed by atoms with Crippen molar-refractivity contribution in [2.75, 3.05) is 7.11 Å². The van der Waals surface area contributed by atoms with Crippen molar-refractivity contribution < 1.29 is 23.0 Å². The Balaban J connectivity index is 1.62. The summed E-state index contributed by atoms with van der Waals surface area (Å²) in [6, 6.07) is 15.0.